The Hall–Kier alpha value is -0.180. The van der Waals surface area contributed by atoms with E-state index in [1.54, 1.807) is 0 Å². The van der Waals surface area contributed by atoms with Crippen LogP contribution in [0, 0.1) is 0 Å². The fourth-order valence-corrected chi connectivity index (χ4v) is 0.927. The van der Waals surface area contributed by atoms with Crippen LogP contribution in [0.15, 0.2) is 0 Å². The first kappa shape index (κ1) is 5.95. The van der Waals surface area contributed by atoms with Crippen LogP contribution in [0.1, 0.15) is 19.3 Å². The van der Waals surface area contributed by atoms with Crippen LogP contribution in [0.4, 0.5) is 8.78 Å². The number of aliphatic hydroxyl groups is 1. The van der Waals surface area contributed by atoms with E-state index in [9.17, 15) is 8.78 Å². The molecule has 1 nitrogen and oxygen atoms in total. The Bertz CT molecular complexity index is 92.4. The second-order valence-corrected chi connectivity index (χ2v) is 2.25. The lowest BCUT2D eigenvalue weighted by molar-refractivity contribution is -0.00345. The van der Waals surface area contributed by atoms with Crippen molar-refractivity contribution in [3.63, 3.8) is 0 Å². The van der Waals surface area contributed by atoms with E-state index < -0.39 is 12.0 Å². The molecule has 48 valence electrons. The molecule has 0 aromatic carbocycles. The van der Waals surface area contributed by atoms with E-state index in [2.05, 4.69) is 0 Å². The summed E-state index contributed by atoms with van der Waals surface area (Å²) in [6.07, 6.45) is -0.987. The summed E-state index contributed by atoms with van der Waals surface area (Å²) in [6, 6.07) is 0. The van der Waals surface area contributed by atoms with E-state index in [4.69, 9.17) is 5.11 Å². The lowest BCUT2D eigenvalue weighted by Gasteiger charge is -2.04. The Labute approximate surface area is 46.3 Å². The number of rotatable bonds is 0. The zero-order valence-electron chi connectivity index (χ0n) is 4.40. The van der Waals surface area contributed by atoms with Crippen LogP contribution in [0.5, 0.6) is 0 Å². The van der Waals surface area contributed by atoms with Gasteiger partial charge in [-0.1, -0.05) is 0 Å². The van der Waals surface area contributed by atoms with Crippen molar-refractivity contribution < 1.29 is 13.9 Å². The molecule has 3 heteroatoms. The third kappa shape index (κ3) is 1.15. The van der Waals surface area contributed by atoms with Gasteiger partial charge in [0.15, 0.2) is 0 Å². The summed E-state index contributed by atoms with van der Waals surface area (Å²) < 4.78 is 24.1. The number of aliphatic hydroxyl groups excluding tert-OH is 1. The SMILES string of the molecule is OC1CCC(F)(F)C1. The Morgan fingerprint density at radius 3 is 2.25 bits per heavy atom. The Morgan fingerprint density at radius 1 is 1.50 bits per heavy atom. The quantitative estimate of drug-likeness (QED) is 0.511. The highest BCUT2D eigenvalue weighted by molar-refractivity contribution is 4.80. The maximum absolute atomic E-state index is 12.0. The number of hydrogen-bond donors (Lipinski definition) is 1. The summed E-state index contributed by atoms with van der Waals surface area (Å²) in [5.74, 6) is -2.58. The van der Waals surface area contributed by atoms with Crippen molar-refractivity contribution in [1.82, 2.24) is 0 Å². The maximum Gasteiger partial charge on any atom is 0.250 e. The monoisotopic (exact) mass is 122 g/mol. The normalized spacial score (nSPS) is 35.6. The molecule has 1 aliphatic carbocycles. The lowest BCUT2D eigenvalue weighted by atomic mass is 10.3. The maximum atomic E-state index is 12.0. The van der Waals surface area contributed by atoms with Crippen molar-refractivity contribution in [2.75, 3.05) is 0 Å². The lowest BCUT2D eigenvalue weighted by Crippen LogP contribution is -2.10. The van der Waals surface area contributed by atoms with E-state index in [1.165, 1.54) is 0 Å². The van der Waals surface area contributed by atoms with Crippen LogP contribution in [-0.4, -0.2) is 17.1 Å². The molecule has 0 aromatic rings. The molecule has 0 bridgehead atoms. The fraction of sp³-hybridized carbons (Fsp3) is 1.00. The summed E-state index contributed by atoms with van der Waals surface area (Å²) in [7, 11) is 0. The standard InChI is InChI=1S/C5H8F2O/c6-5(7)2-1-4(8)3-5/h4,8H,1-3H2. The minimum atomic E-state index is -2.58. The van der Waals surface area contributed by atoms with Gasteiger partial charge in [-0.3, -0.25) is 0 Å². The Kier molecular flexibility index (Phi) is 1.23. The molecular weight excluding hydrogens is 114 g/mol. The average Bonchev–Trinajstić information content (AvgIpc) is 1.82. The minimum Gasteiger partial charge on any atom is -0.393 e. The van der Waals surface area contributed by atoms with E-state index in [0.717, 1.165) is 0 Å². The smallest absolute Gasteiger partial charge is 0.250 e. The van der Waals surface area contributed by atoms with Crippen LogP contribution in [0.2, 0.25) is 0 Å². The molecular formula is C5H8F2O. The molecule has 1 saturated carbocycles. The summed E-state index contributed by atoms with van der Waals surface area (Å²) in [5.41, 5.74) is 0. The number of hydrogen-bond acceptors (Lipinski definition) is 1. The minimum absolute atomic E-state index is 0.145. The molecule has 8 heavy (non-hydrogen) atoms. The van der Waals surface area contributed by atoms with Crippen molar-refractivity contribution in [1.29, 1.82) is 0 Å². The first-order valence-electron chi connectivity index (χ1n) is 2.66. The van der Waals surface area contributed by atoms with Gasteiger partial charge in [0.25, 0.3) is 5.92 Å². The molecule has 0 spiro atoms. The second kappa shape index (κ2) is 1.65. The Morgan fingerprint density at radius 2 is 2.12 bits per heavy atom. The van der Waals surface area contributed by atoms with Gasteiger partial charge in [0, 0.05) is 12.8 Å². The molecule has 0 aliphatic heterocycles. The van der Waals surface area contributed by atoms with Crippen molar-refractivity contribution in [3.05, 3.63) is 0 Å². The van der Waals surface area contributed by atoms with Crippen molar-refractivity contribution in [2.24, 2.45) is 0 Å². The van der Waals surface area contributed by atoms with Gasteiger partial charge in [-0.15, -0.1) is 0 Å². The third-order valence-electron chi connectivity index (χ3n) is 1.38. The molecule has 0 aromatic heterocycles. The summed E-state index contributed by atoms with van der Waals surface area (Å²) in [5, 5.41) is 8.58. The zero-order chi connectivity index (χ0) is 6.20. The first-order chi connectivity index (χ1) is 3.60. The van der Waals surface area contributed by atoms with E-state index >= 15 is 0 Å². The van der Waals surface area contributed by atoms with Crippen LogP contribution < -0.4 is 0 Å². The third-order valence-corrected chi connectivity index (χ3v) is 1.38. The van der Waals surface area contributed by atoms with Crippen molar-refractivity contribution in [2.45, 2.75) is 31.3 Å². The molecule has 0 radical (unpaired) electrons. The fourth-order valence-electron chi connectivity index (χ4n) is 0.927. The predicted molar refractivity (Wildman–Crippen MR) is 24.8 cm³/mol. The van der Waals surface area contributed by atoms with Gasteiger partial charge in [0.05, 0.1) is 6.10 Å². The topological polar surface area (TPSA) is 20.2 Å². The summed E-state index contributed by atoms with van der Waals surface area (Å²) >= 11 is 0. The Balaban J connectivity index is 2.44. The molecule has 0 heterocycles. The molecule has 1 unspecified atom stereocenters. The zero-order valence-corrected chi connectivity index (χ0v) is 4.40. The second-order valence-electron chi connectivity index (χ2n) is 2.25. The molecule has 1 N–H and O–H groups in total. The molecule has 0 saturated heterocycles. The predicted octanol–water partition coefficient (Wildman–Crippen LogP) is 1.17. The van der Waals surface area contributed by atoms with Crippen LogP contribution in [-0.2, 0) is 0 Å². The molecule has 0 amide bonds. The van der Waals surface area contributed by atoms with Gasteiger partial charge in [-0.2, -0.15) is 0 Å². The van der Waals surface area contributed by atoms with Gasteiger partial charge < -0.3 is 5.11 Å². The highest BCUT2D eigenvalue weighted by Gasteiger charge is 2.38. The van der Waals surface area contributed by atoms with Gasteiger partial charge >= 0.3 is 0 Å². The van der Waals surface area contributed by atoms with Gasteiger partial charge in [0.2, 0.25) is 0 Å². The number of alkyl halides is 2. The molecule has 1 atom stereocenters. The van der Waals surface area contributed by atoms with E-state index in [-0.39, 0.29) is 19.3 Å². The van der Waals surface area contributed by atoms with Gasteiger partial charge in [-0.05, 0) is 6.42 Å². The van der Waals surface area contributed by atoms with E-state index in [1.807, 2.05) is 0 Å². The first-order valence-corrected chi connectivity index (χ1v) is 2.66. The average molecular weight is 122 g/mol. The molecule has 1 rings (SSSR count). The van der Waals surface area contributed by atoms with Gasteiger partial charge in [-0.25, -0.2) is 8.78 Å². The highest BCUT2D eigenvalue weighted by atomic mass is 19.3. The summed E-state index contributed by atoms with van der Waals surface area (Å²) in [4.78, 5) is 0. The summed E-state index contributed by atoms with van der Waals surface area (Å²) in [6.45, 7) is 0. The van der Waals surface area contributed by atoms with Crippen LogP contribution >= 0.6 is 0 Å². The van der Waals surface area contributed by atoms with E-state index in [0.29, 0.717) is 0 Å². The van der Waals surface area contributed by atoms with Crippen molar-refractivity contribution in [3.8, 4) is 0 Å². The van der Waals surface area contributed by atoms with Crippen molar-refractivity contribution >= 4 is 0 Å². The highest BCUT2D eigenvalue weighted by Crippen LogP contribution is 2.34. The van der Waals surface area contributed by atoms with Crippen LogP contribution in [0.25, 0.3) is 0 Å². The van der Waals surface area contributed by atoms with Crippen LogP contribution in [0.3, 0.4) is 0 Å². The molecule has 1 fully saturated rings. The molecule has 1 aliphatic rings. The number of halogens is 2. The largest absolute Gasteiger partial charge is 0.393 e. The van der Waals surface area contributed by atoms with Gasteiger partial charge in [0.1, 0.15) is 0 Å².